The Hall–Kier alpha value is -1.42. The van der Waals surface area contributed by atoms with E-state index >= 15 is 0 Å². The second-order valence-corrected chi connectivity index (χ2v) is 5.45. The summed E-state index contributed by atoms with van der Waals surface area (Å²) in [6, 6.07) is 5.40. The number of nitrogens with one attached hydrogen (secondary N) is 1. The van der Waals surface area contributed by atoms with Gasteiger partial charge in [-0.15, -0.1) is 0 Å². The van der Waals surface area contributed by atoms with Crippen LogP contribution in [0.5, 0.6) is 11.5 Å². The monoisotopic (exact) mass is 265 g/mol. The molecule has 0 saturated heterocycles. The van der Waals surface area contributed by atoms with Crippen molar-refractivity contribution in [1.29, 1.82) is 0 Å². The minimum atomic E-state index is 0.183. The van der Waals surface area contributed by atoms with E-state index in [1.807, 2.05) is 12.1 Å². The Morgan fingerprint density at radius 3 is 2.89 bits per heavy atom. The first-order valence-corrected chi connectivity index (χ1v) is 7.13. The van der Waals surface area contributed by atoms with Crippen LogP contribution in [0.25, 0.3) is 0 Å². The van der Waals surface area contributed by atoms with Gasteiger partial charge < -0.3 is 20.9 Å². The molecule has 106 valence electrons. The van der Waals surface area contributed by atoms with Crippen LogP contribution in [-0.4, -0.2) is 25.3 Å². The first-order valence-electron chi connectivity index (χ1n) is 7.13. The summed E-state index contributed by atoms with van der Waals surface area (Å²) in [6.07, 6.45) is 5.25. The van der Waals surface area contributed by atoms with Crippen molar-refractivity contribution in [2.45, 2.75) is 25.7 Å². The Morgan fingerprint density at radius 1 is 1.37 bits per heavy atom. The number of methoxy groups -OCH3 is 1. The molecule has 1 aliphatic rings. The number of hydrogen-bond acceptors (Lipinski definition) is 3. The SMILES string of the molecule is COc1cc(NCC2CCCC(C[NH3+])C2)ccc1O. The Morgan fingerprint density at radius 2 is 2.16 bits per heavy atom. The molecule has 2 atom stereocenters. The third kappa shape index (κ3) is 3.77. The summed E-state index contributed by atoms with van der Waals surface area (Å²) in [5, 5.41) is 13.0. The molecule has 2 rings (SSSR count). The molecular weight excluding hydrogens is 240 g/mol. The lowest BCUT2D eigenvalue weighted by Gasteiger charge is -2.27. The van der Waals surface area contributed by atoms with Crippen molar-refractivity contribution >= 4 is 5.69 Å². The van der Waals surface area contributed by atoms with Crippen LogP contribution in [0, 0.1) is 11.8 Å². The molecule has 1 aromatic carbocycles. The molecule has 4 nitrogen and oxygen atoms in total. The third-order valence-corrected chi connectivity index (χ3v) is 4.07. The number of benzene rings is 1. The Bertz CT molecular complexity index is 409. The van der Waals surface area contributed by atoms with E-state index in [1.165, 1.54) is 25.7 Å². The molecule has 5 N–H and O–H groups in total. The van der Waals surface area contributed by atoms with Crippen LogP contribution in [0.2, 0.25) is 0 Å². The molecule has 1 aromatic rings. The highest BCUT2D eigenvalue weighted by molar-refractivity contribution is 5.54. The largest absolute Gasteiger partial charge is 0.504 e. The molecule has 0 spiro atoms. The van der Waals surface area contributed by atoms with Gasteiger partial charge in [0.2, 0.25) is 0 Å². The smallest absolute Gasteiger partial charge is 0.162 e. The summed E-state index contributed by atoms with van der Waals surface area (Å²) < 4.78 is 5.11. The molecule has 1 saturated carbocycles. The standard InChI is InChI=1S/C15H24N2O2/c1-19-15-8-13(5-6-14(15)18)17-10-12-4-2-3-11(7-12)9-16/h5-6,8,11-12,17-18H,2-4,7,9-10,16H2,1H3/p+1. The van der Waals surface area contributed by atoms with Gasteiger partial charge in [-0.3, -0.25) is 0 Å². The fourth-order valence-corrected chi connectivity index (χ4v) is 2.90. The number of anilines is 1. The van der Waals surface area contributed by atoms with E-state index in [9.17, 15) is 5.11 Å². The molecule has 1 aliphatic carbocycles. The van der Waals surface area contributed by atoms with Crippen LogP contribution in [0.3, 0.4) is 0 Å². The van der Waals surface area contributed by atoms with Crippen molar-refractivity contribution in [3.05, 3.63) is 18.2 Å². The van der Waals surface area contributed by atoms with Crippen LogP contribution in [0.4, 0.5) is 5.69 Å². The number of quaternary nitrogens is 1. The fraction of sp³-hybridized carbons (Fsp3) is 0.600. The predicted octanol–water partition coefficient (Wildman–Crippen LogP) is 1.86. The molecule has 2 unspecified atom stereocenters. The van der Waals surface area contributed by atoms with Gasteiger partial charge in [-0.05, 0) is 37.3 Å². The van der Waals surface area contributed by atoms with Gasteiger partial charge in [0.25, 0.3) is 0 Å². The minimum absolute atomic E-state index is 0.183. The summed E-state index contributed by atoms with van der Waals surface area (Å²) in [5.74, 6) is 2.24. The molecule has 0 amide bonds. The predicted molar refractivity (Wildman–Crippen MR) is 76.4 cm³/mol. The lowest BCUT2D eigenvalue weighted by molar-refractivity contribution is -0.381. The summed E-state index contributed by atoms with van der Waals surface area (Å²) >= 11 is 0. The minimum Gasteiger partial charge on any atom is -0.504 e. The zero-order valence-corrected chi connectivity index (χ0v) is 11.7. The highest BCUT2D eigenvalue weighted by Crippen LogP contribution is 2.31. The summed E-state index contributed by atoms with van der Waals surface area (Å²) in [4.78, 5) is 0. The Balaban J connectivity index is 1.88. The van der Waals surface area contributed by atoms with Crippen molar-refractivity contribution in [1.82, 2.24) is 0 Å². The van der Waals surface area contributed by atoms with E-state index in [0.29, 0.717) is 5.75 Å². The van der Waals surface area contributed by atoms with E-state index in [0.717, 1.165) is 30.6 Å². The zero-order valence-electron chi connectivity index (χ0n) is 11.7. The van der Waals surface area contributed by atoms with Gasteiger partial charge in [-0.2, -0.15) is 0 Å². The van der Waals surface area contributed by atoms with Crippen molar-refractivity contribution in [3.8, 4) is 11.5 Å². The number of aromatic hydroxyl groups is 1. The maximum atomic E-state index is 9.56. The van der Waals surface area contributed by atoms with E-state index in [2.05, 4.69) is 11.1 Å². The first-order chi connectivity index (χ1) is 9.22. The van der Waals surface area contributed by atoms with Gasteiger partial charge in [-0.25, -0.2) is 0 Å². The van der Waals surface area contributed by atoms with Crippen LogP contribution >= 0.6 is 0 Å². The number of hydrogen-bond donors (Lipinski definition) is 3. The quantitative estimate of drug-likeness (QED) is 0.712. The molecule has 0 aromatic heterocycles. The van der Waals surface area contributed by atoms with Gasteiger partial charge in [0.15, 0.2) is 11.5 Å². The summed E-state index contributed by atoms with van der Waals surface area (Å²) in [7, 11) is 1.57. The lowest BCUT2D eigenvalue weighted by atomic mass is 9.81. The summed E-state index contributed by atoms with van der Waals surface area (Å²) in [5.41, 5.74) is 5.04. The zero-order chi connectivity index (χ0) is 13.7. The van der Waals surface area contributed by atoms with E-state index < -0.39 is 0 Å². The van der Waals surface area contributed by atoms with Gasteiger partial charge in [0.1, 0.15) is 0 Å². The number of phenols is 1. The first kappa shape index (κ1) is 14.0. The highest BCUT2D eigenvalue weighted by Gasteiger charge is 2.21. The molecule has 4 heteroatoms. The molecule has 0 bridgehead atoms. The van der Waals surface area contributed by atoms with Gasteiger partial charge in [0.05, 0.1) is 13.7 Å². The van der Waals surface area contributed by atoms with E-state index in [1.54, 1.807) is 13.2 Å². The topological polar surface area (TPSA) is 69.1 Å². The van der Waals surface area contributed by atoms with E-state index in [4.69, 9.17) is 4.74 Å². The normalized spacial score (nSPS) is 23.1. The number of rotatable bonds is 5. The second-order valence-electron chi connectivity index (χ2n) is 5.45. The molecule has 0 radical (unpaired) electrons. The molecule has 0 aliphatic heterocycles. The van der Waals surface area contributed by atoms with Crippen LogP contribution in [-0.2, 0) is 0 Å². The highest BCUT2D eigenvalue weighted by atomic mass is 16.5. The third-order valence-electron chi connectivity index (χ3n) is 4.07. The molecule has 1 fully saturated rings. The maximum Gasteiger partial charge on any atom is 0.162 e. The molecule has 0 heterocycles. The second kappa shape index (κ2) is 6.66. The van der Waals surface area contributed by atoms with Gasteiger partial charge >= 0.3 is 0 Å². The van der Waals surface area contributed by atoms with Gasteiger partial charge in [0, 0.05) is 24.2 Å². The van der Waals surface area contributed by atoms with Crippen LogP contribution < -0.4 is 15.8 Å². The molecular formula is C15H25N2O2+. The average Bonchev–Trinajstić information content (AvgIpc) is 2.46. The van der Waals surface area contributed by atoms with Crippen molar-refractivity contribution < 1.29 is 15.6 Å². The van der Waals surface area contributed by atoms with Crippen LogP contribution in [0.15, 0.2) is 18.2 Å². The van der Waals surface area contributed by atoms with E-state index in [-0.39, 0.29) is 5.75 Å². The molecule has 19 heavy (non-hydrogen) atoms. The van der Waals surface area contributed by atoms with Crippen molar-refractivity contribution in [2.24, 2.45) is 11.8 Å². The van der Waals surface area contributed by atoms with Crippen molar-refractivity contribution in [3.63, 3.8) is 0 Å². The summed E-state index contributed by atoms with van der Waals surface area (Å²) in [6.45, 7) is 2.05. The Kier molecular flexibility index (Phi) is 4.91. The average molecular weight is 265 g/mol. The van der Waals surface area contributed by atoms with Crippen LogP contribution in [0.1, 0.15) is 25.7 Å². The van der Waals surface area contributed by atoms with Gasteiger partial charge in [-0.1, -0.05) is 6.42 Å². The fourth-order valence-electron chi connectivity index (χ4n) is 2.90. The maximum absolute atomic E-state index is 9.56. The number of ether oxygens (including phenoxy) is 1. The van der Waals surface area contributed by atoms with Crippen molar-refractivity contribution in [2.75, 3.05) is 25.5 Å². The Labute approximate surface area is 115 Å². The number of phenolic OH excluding ortho intramolecular Hbond substituents is 1. The lowest BCUT2D eigenvalue weighted by Crippen LogP contribution is -2.54.